The highest BCUT2D eigenvalue weighted by molar-refractivity contribution is 5.87. The van der Waals surface area contributed by atoms with Crippen LogP contribution in [0.5, 0.6) is 5.75 Å². The molecule has 38 heavy (non-hydrogen) atoms. The van der Waals surface area contributed by atoms with E-state index >= 15 is 0 Å². The van der Waals surface area contributed by atoms with Crippen LogP contribution in [0.25, 0.3) is 0 Å². The summed E-state index contributed by atoms with van der Waals surface area (Å²) in [6.07, 6.45) is -5.00. The fourth-order valence-electron chi connectivity index (χ4n) is 3.91. The number of rotatable bonds is 10. The molecule has 2 heterocycles. The Balaban J connectivity index is 1.63. The number of nitrogens with zero attached hydrogens (tertiary/aromatic N) is 1. The number of aliphatic hydroxyl groups is 2. The molecule has 7 atom stereocenters. The zero-order valence-corrected chi connectivity index (χ0v) is 20.7. The summed E-state index contributed by atoms with van der Waals surface area (Å²) in [7, 11) is 0. The third-order valence-corrected chi connectivity index (χ3v) is 6.42. The number of ether oxygens (including phenoxy) is 2. The Bertz CT molecular complexity index is 1250. The normalized spacial score (nSPS) is 23.4. The minimum Gasteiger partial charge on any atom is -0.508 e. The molecule has 0 radical (unpaired) electrons. The van der Waals surface area contributed by atoms with Gasteiger partial charge >= 0.3 is 11.7 Å². The van der Waals surface area contributed by atoms with Gasteiger partial charge in [-0.3, -0.25) is 19.1 Å². The minimum atomic E-state index is -1.70. The molecule has 1 fully saturated rings. The lowest BCUT2D eigenvalue weighted by Crippen LogP contribution is -2.52. The number of aromatic nitrogens is 2. The number of amides is 1. The number of aliphatic hydroxyl groups excluding tert-OH is 2. The van der Waals surface area contributed by atoms with Gasteiger partial charge in [0, 0.05) is 0 Å². The van der Waals surface area contributed by atoms with Crippen LogP contribution >= 0.6 is 0 Å². The fourth-order valence-corrected chi connectivity index (χ4v) is 3.91. The van der Waals surface area contributed by atoms with Crippen molar-refractivity contribution in [3.63, 3.8) is 0 Å². The SMILES string of the molecule is CC[C@H](C)[C@H](NC(=O)[C@@H](N)Cc1ccc(O)cc1)C(=O)OC[C@H]1O[C@@H](n2cc(F)c(=O)[nH]c2=O)[C@H](O)[C@@H]1O. The molecule has 2 aromatic rings. The summed E-state index contributed by atoms with van der Waals surface area (Å²) >= 11 is 0. The molecule has 1 amide bonds. The second-order valence-corrected chi connectivity index (χ2v) is 9.17. The average molecular weight is 539 g/mol. The Morgan fingerprint density at radius 2 is 1.89 bits per heavy atom. The number of halogens is 1. The van der Waals surface area contributed by atoms with Crippen molar-refractivity contribution in [2.45, 2.75) is 63.3 Å². The van der Waals surface area contributed by atoms with E-state index in [2.05, 4.69) is 5.32 Å². The van der Waals surface area contributed by atoms with E-state index in [0.29, 0.717) is 22.7 Å². The first-order valence-corrected chi connectivity index (χ1v) is 12.0. The van der Waals surface area contributed by atoms with E-state index in [1.165, 1.54) is 12.1 Å². The van der Waals surface area contributed by atoms with Gasteiger partial charge in [-0.15, -0.1) is 0 Å². The van der Waals surface area contributed by atoms with Crippen molar-refractivity contribution in [2.24, 2.45) is 11.7 Å². The molecule has 1 aromatic carbocycles. The average Bonchev–Trinajstić information content (AvgIpc) is 3.17. The molecule has 14 heteroatoms. The number of hydrogen-bond donors (Lipinski definition) is 6. The molecule has 3 rings (SSSR count). The van der Waals surface area contributed by atoms with Crippen LogP contribution in [0.4, 0.5) is 4.39 Å². The van der Waals surface area contributed by atoms with Crippen molar-refractivity contribution in [2.75, 3.05) is 6.61 Å². The predicted molar refractivity (Wildman–Crippen MR) is 129 cm³/mol. The smallest absolute Gasteiger partial charge is 0.330 e. The van der Waals surface area contributed by atoms with Gasteiger partial charge in [0.2, 0.25) is 11.7 Å². The van der Waals surface area contributed by atoms with Crippen molar-refractivity contribution >= 4 is 11.9 Å². The van der Waals surface area contributed by atoms with Gasteiger partial charge in [-0.1, -0.05) is 32.4 Å². The maximum Gasteiger partial charge on any atom is 0.330 e. The molecule has 0 saturated carbocycles. The molecule has 1 aromatic heterocycles. The molecule has 0 spiro atoms. The van der Waals surface area contributed by atoms with Crippen LogP contribution in [0.1, 0.15) is 32.1 Å². The Hall–Kier alpha value is -3.59. The molecular formula is C24H31FN4O9. The number of aromatic amines is 1. The van der Waals surface area contributed by atoms with Crippen LogP contribution in [0.2, 0.25) is 0 Å². The highest BCUT2D eigenvalue weighted by Gasteiger charge is 2.45. The third-order valence-electron chi connectivity index (χ3n) is 6.42. The number of benzene rings is 1. The largest absolute Gasteiger partial charge is 0.508 e. The predicted octanol–water partition coefficient (Wildman–Crippen LogP) is -1.36. The monoisotopic (exact) mass is 538 g/mol. The summed E-state index contributed by atoms with van der Waals surface area (Å²) in [5.74, 6) is -3.04. The number of H-pyrrole nitrogens is 1. The number of carbonyl (C=O) groups is 2. The summed E-state index contributed by atoms with van der Waals surface area (Å²) in [5.41, 5.74) is 4.37. The van der Waals surface area contributed by atoms with E-state index in [1.54, 1.807) is 31.0 Å². The number of phenols is 1. The quantitative estimate of drug-likeness (QED) is 0.196. The number of esters is 1. The second kappa shape index (κ2) is 12.3. The maximum absolute atomic E-state index is 13.7. The molecule has 0 unspecified atom stereocenters. The topological polar surface area (TPSA) is 206 Å². The zero-order valence-electron chi connectivity index (χ0n) is 20.7. The van der Waals surface area contributed by atoms with Gasteiger partial charge < -0.3 is 35.8 Å². The van der Waals surface area contributed by atoms with E-state index in [1.807, 2.05) is 0 Å². The molecule has 1 aliphatic rings. The highest BCUT2D eigenvalue weighted by atomic mass is 19.1. The first-order chi connectivity index (χ1) is 17.9. The van der Waals surface area contributed by atoms with E-state index in [-0.39, 0.29) is 18.1 Å². The van der Waals surface area contributed by atoms with Crippen molar-refractivity contribution in [1.29, 1.82) is 0 Å². The van der Waals surface area contributed by atoms with E-state index < -0.39 is 72.2 Å². The minimum absolute atomic E-state index is 0.0690. The van der Waals surface area contributed by atoms with Gasteiger partial charge in [0.1, 0.15) is 36.7 Å². The molecule has 1 aliphatic heterocycles. The number of hydrogen-bond acceptors (Lipinski definition) is 10. The number of phenolic OH excluding ortho intramolecular Hbond substituents is 1. The third kappa shape index (κ3) is 6.64. The summed E-state index contributed by atoms with van der Waals surface area (Å²) < 4.78 is 24.9. The Labute approximate surface area is 216 Å². The van der Waals surface area contributed by atoms with Crippen molar-refractivity contribution in [3.05, 3.63) is 62.7 Å². The molecule has 7 N–H and O–H groups in total. The van der Waals surface area contributed by atoms with Crippen LogP contribution in [-0.4, -0.2) is 73.7 Å². The van der Waals surface area contributed by atoms with Gasteiger partial charge in [0.25, 0.3) is 5.56 Å². The Morgan fingerprint density at radius 1 is 1.24 bits per heavy atom. The molecule has 0 bridgehead atoms. The molecular weight excluding hydrogens is 507 g/mol. The van der Waals surface area contributed by atoms with E-state index in [0.717, 1.165) is 0 Å². The van der Waals surface area contributed by atoms with Crippen LogP contribution in [0.3, 0.4) is 0 Å². The summed E-state index contributed by atoms with van der Waals surface area (Å²) in [4.78, 5) is 50.6. The summed E-state index contributed by atoms with van der Waals surface area (Å²) in [6.45, 7) is 2.96. The van der Waals surface area contributed by atoms with Crippen LogP contribution in [0.15, 0.2) is 40.1 Å². The number of nitrogens with one attached hydrogen (secondary N) is 2. The second-order valence-electron chi connectivity index (χ2n) is 9.17. The van der Waals surface area contributed by atoms with Crippen molar-refractivity contribution in [3.8, 4) is 5.75 Å². The van der Waals surface area contributed by atoms with Crippen molar-refractivity contribution in [1.82, 2.24) is 14.9 Å². The number of aromatic hydroxyl groups is 1. The zero-order chi connectivity index (χ0) is 28.1. The number of carbonyl (C=O) groups excluding carboxylic acids is 2. The van der Waals surface area contributed by atoms with Gasteiger partial charge in [0.15, 0.2) is 6.23 Å². The Kier molecular flexibility index (Phi) is 9.38. The summed E-state index contributed by atoms with van der Waals surface area (Å²) in [6, 6.07) is 4.08. The van der Waals surface area contributed by atoms with E-state index in [9.17, 15) is 38.9 Å². The molecule has 13 nitrogen and oxygen atoms in total. The lowest BCUT2D eigenvalue weighted by atomic mass is 9.98. The Morgan fingerprint density at radius 3 is 2.53 bits per heavy atom. The van der Waals surface area contributed by atoms with Gasteiger partial charge in [-0.2, -0.15) is 4.39 Å². The molecule has 0 aliphatic carbocycles. The van der Waals surface area contributed by atoms with Crippen LogP contribution in [0, 0.1) is 11.7 Å². The van der Waals surface area contributed by atoms with Crippen LogP contribution < -0.4 is 22.3 Å². The molecule has 1 saturated heterocycles. The van der Waals surface area contributed by atoms with Gasteiger partial charge in [-0.25, -0.2) is 9.59 Å². The van der Waals surface area contributed by atoms with Gasteiger partial charge in [0.05, 0.1) is 12.2 Å². The lowest BCUT2D eigenvalue weighted by molar-refractivity contribution is -0.155. The van der Waals surface area contributed by atoms with Crippen molar-refractivity contribution < 1.29 is 38.8 Å². The maximum atomic E-state index is 13.7. The lowest BCUT2D eigenvalue weighted by Gasteiger charge is -2.25. The van der Waals surface area contributed by atoms with E-state index in [4.69, 9.17) is 15.2 Å². The standard InChI is InChI=1S/C24H31FN4O9/c1-3-11(2)17(27-21(34)15(26)8-12-4-6-13(30)7-5-12)23(35)37-10-16-18(31)19(32)22(38-16)29-9-14(25)20(33)28-24(29)36/h4-7,9,11,15-19,22,30-32H,3,8,10,26H2,1-2H3,(H,27,34)(H,28,33,36)/t11-,15-,16+,17-,18+,19+,22+/m0/s1. The summed E-state index contributed by atoms with van der Waals surface area (Å²) in [5, 5.41) is 32.6. The highest BCUT2D eigenvalue weighted by Crippen LogP contribution is 2.28. The fraction of sp³-hybridized carbons (Fsp3) is 0.500. The molecule has 208 valence electrons. The van der Waals surface area contributed by atoms with Gasteiger partial charge in [-0.05, 0) is 30.0 Å². The first-order valence-electron chi connectivity index (χ1n) is 12.0. The number of nitrogens with two attached hydrogens (primary N) is 1. The van der Waals surface area contributed by atoms with Crippen LogP contribution in [-0.2, 0) is 25.5 Å². The first kappa shape index (κ1) is 29.0.